The van der Waals surface area contributed by atoms with E-state index in [1.807, 2.05) is 17.0 Å². The Hall–Kier alpha value is -3.75. The van der Waals surface area contributed by atoms with Crippen LogP contribution in [0.15, 0.2) is 60.8 Å². The van der Waals surface area contributed by atoms with Gasteiger partial charge in [-0.2, -0.15) is 0 Å². The first kappa shape index (κ1) is 28.3. The summed E-state index contributed by atoms with van der Waals surface area (Å²) in [5, 5.41) is 0. The van der Waals surface area contributed by atoms with Crippen LogP contribution in [0.5, 0.6) is 0 Å². The quantitative estimate of drug-likeness (QED) is 0.493. The van der Waals surface area contributed by atoms with E-state index in [9.17, 15) is 9.59 Å². The van der Waals surface area contributed by atoms with E-state index >= 15 is 0 Å². The van der Waals surface area contributed by atoms with Gasteiger partial charge in [-0.1, -0.05) is 54.8 Å². The van der Waals surface area contributed by atoms with Gasteiger partial charge in [0, 0.05) is 43.5 Å². The number of hydrogen-bond acceptors (Lipinski definition) is 6. The van der Waals surface area contributed by atoms with E-state index in [-0.39, 0.29) is 17.3 Å². The molecule has 2 heterocycles. The van der Waals surface area contributed by atoms with Gasteiger partial charge in [0.2, 0.25) is 0 Å². The molecule has 0 spiro atoms. The van der Waals surface area contributed by atoms with Crippen molar-refractivity contribution in [1.82, 2.24) is 14.8 Å². The summed E-state index contributed by atoms with van der Waals surface area (Å²) >= 11 is 0. The van der Waals surface area contributed by atoms with Gasteiger partial charge in [0.1, 0.15) is 5.82 Å². The number of carbonyl (C=O) groups is 2. The fourth-order valence-corrected chi connectivity index (χ4v) is 4.78. The average molecular weight is 530 g/mol. The maximum Gasteiger partial charge on any atom is 0.253 e. The molecule has 1 aliphatic heterocycles. The van der Waals surface area contributed by atoms with Crippen LogP contribution >= 0.6 is 0 Å². The molecule has 206 valence electrons. The normalized spacial score (nSPS) is 16.0. The fraction of sp³-hybridized carbons (Fsp3) is 0.387. The zero-order valence-corrected chi connectivity index (χ0v) is 22.9. The van der Waals surface area contributed by atoms with E-state index in [4.69, 9.17) is 16.2 Å². The molecule has 2 amide bonds. The fourth-order valence-electron chi connectivity index (χ4n) is 4.78. The number of amides is 2. The van der Waals surface area contributed by atoms with E-state index in [1.54, 1.807) is 24.4 Å². The van der Waals surface area contributed by atoms with E-state index < -0.39 is 5.91 Å². The van der Waals surface area contributed by atoms with Gasteiger partial charge in [-0.15, -0.1) is 0 Å². The molecule has 2 aromatic carbocycles. The Balaban J connectivity index is 0.000000212. The lowest BCUT2D eigenvalue weighted by molar-refractivity contribution is 0.0457. The molecule has 1 aromatic heterocycles. The van der Waals surface area contributed by atoms with Gasteiger partial charge in [-0.05, 0) is 56.1 Å². The Morgan fingerprint density at radius 1 is 0.949 bits per heavy atom. The maximum absolute atomic E-state index is 12.6. The third-order valence-electron chi connectivity index (χ3n) is 7.35. The largest absolute Gasteiger partial charge is 0.383 e. The number of benzene rings is 2. The number of aryl methyl sites for hydroxylation is 1. The number of pyridine rings is 1. The molecule has 0 radical (unpaired) electrons. The smallest absolute Gasteiger partial charge is 0.253 e. The maximum atomic E-state index is 12.6. The van der Waals surface area contributed by atoms with Crippen LogP contribution in [0.3, 0.4) is 0 Å². The Kier molecular flexibility index (Phi) is 9.68. The zero-order valence-electron chi connectivity index (χ0n) is 22.9. The summed E-state index contributed by atoms with van der Waals surface area (Å²) < 4.78 is 5.83. The molecule has 0 unspecified atom stereocenters. The van der Waals surface area contributed by atoms with Crippen LogP contribution in [0.25, 0.3) is 11.1 Å². The first-order chi connectivity index (χ1) is 18.8. The molecule has 2 fully saturated rings. The van der Waals surface area contributed by atoms with Crippen molar-refractivity contribution >= 4 is 17.6 Å². The standard InChI is InChI=1S/C18H21N5O2.C13H18O/c1-22-6-8-23(9-7-22)18(25)13-4-2-12(3-5-13)14-10-15(17(20)24)16(19)21-11-14;1-11-6-8-12(9-7-11)10-14-13-4-2-3-5-13/h2-5,10-11H,6-9H2,1H3,(H2,19,21)(H2,20,24);6-9,13H,2-5,10H2,1H3. The number of ether oxygens (including phenoxy) is 1. The topological polar surface area (TPSA) is 115 Å². The summed E-state index contributed by atoms with van der Waals surface area (Å²) in [6.07, 6.45) is 7.31. The number of likely N-dealkylation sites (N-methyl/N-ethyl adjacent to an activating group) is 1. The van der Waals surface area contributed by atoms with Crippen molar-refractivity contribution in [3.63, 3.8) is 0 Å². The third kappa shape index (κ3) is 7.88. The number of primary amides is 1. The lowest BCUT2D eigenvalue weighted by atomic mass is 10.0. The van der Waals surface area contributed by atoms with Crippen molar-refractivity contribution in [2.24, 2.45) is 5.73 Å². The second kappa shape index (κ2) is 13.4. The molecule has 0 atom stereocenters. The van der Waals surface area contributed by atoms with Gasteiger partial charge in [0.15, 0.2) is 0 Å². The predicted octanol–water partition coefficient (Wildman–Crippen LogP) is 4.27. The Bertz CT molecular complexity index is 1250. The van der Waals surface area contributed by atoms with E-state index in [1.165, 1.54) is 36.8 Å². The molecule has 1 saturated heterocycles. The van der Waals surface area contributed by atoms with Crippen LogP contribution in [0.2, 0.25) is 0 Å². The highest BCUT2D eigenvalue weighted by atomic mass is 16.5. The van der Waals surface area contributed by atoms with Gasteiger partial charge < -0.3 is 26.0 Å². The zero-order chi connectivity index (χ0) is 27.8. The predicted molar refractivity (Wildman–Crippen MR) is 154 cm³/mol. The van der Waals surface area contributed by atoms with E-state index in [0.29, 0.717) is 11.7 Å². The van der Waals surface area contributed by atoms with Gasteiger partial charge in [0.25, 0.3) is 11.8 Å². The number of aromatic nitrogens is 1. The van der Waals surface area contributed by atoms with Crippen LogP contribution in [-0.2, 0) is 11.3 Å². The van der Waals surface area contributed by atoms with Gasteiger partial charge in [-0.3, -0.25) is 9.59 Å². The average Bonchev–Trinajstić information content (AvgIpc) is 3.47. The Morgan fingerprint density at radius 3 is 2.21 bits per heavy atom. The molecular formula is C31H39N5O3. The summed E-state index contributed by atoms with van der Waals surface area (Å²) in [6, 6.07) is 17.5. The molecule has 8 heteroatoms. The van der Waals surface area contributed by atoms with Gasteiger partial charge in [0.05, 0.1) is 18.3 Å². The minimum absolute atomic E-state index is 0.0351. The molecular weight excluding hydrogens is 490 g/mol. The number of rotatable bonds is 6. The summed E-state index contributed by atoms with van der Waals surface area (Å²) in [7, 11) is 2.05. The van der Waals surface area contributed by atoms with E-state index in [2.05, 4.69) is 48.1 Å². The number of nitrogens with two attached hydrogens (primary N) is 2. The van der Waals surface area contributed by atoms with Crippen LogP contribution in [0.1, 0.15) is 57.5 Å². The van der Waals surface area contributed by atoms with Crippen molar-refractivity contribution in [2.45, 2.75) is 45.3 Å². The highest BCUT2D eigenvalue weighted by Crippen LogP contribution is 2.23. The van der Waals surface area contributed by atoms with Crippen molar-refractivity contribution < 1.29 is 14.3 Å². The number of anilines is 1. The lowest BCUT2D eigenvalue weighted by Crippen LogP contribution is -2.47. The molecule has 3 aromatic rings. The Labute approximate surface area is 231 Å². The number of nitrogen functional groups attached to an aromatic ring is 1. The first-order valence-electron chi connectivity index (χ1n) is 13.6. The van der Waals surface area contributed by atoms with Crippen molar-refractivity contribution in [1.29, 1.82) is 0 Å². The van der Waals surface area contributed by atoms with Crippen LogP contribution in [0, 0.1) is 6.92 Å². The summed E-state index contributed by atoms with van der Waals surface area (Å²) in [5.41, 5.74) is 16.0. The van der Waals surface area contributed by atoms with Crippen LogP contribution < -0.4 is 11.5 Å². The molecule has 2 aliphatic rings. The minimum atomic E-state index is -0.617. The summed E-state index contributed by atoms with van der Waals surface area (Å²) in [4.78, 5) is 32.0. The van der Waals surface area contributed by atoms with Crippen molar-refractivity contribution in [2.75, 3.05) is 39.0 Å². The second-order valence-electron chi connectivity index (χ2n) is 10.4. The number of nitrogens with zero attached hydrogens (tertiary/aromatic N) is 3. The monoisotopic (exact) mass is 529 g/mol. The van der Waals surface area contributed by atoms with Crippen molar-refractivity contribution in [3.05, 3.63) is 83.0 Å². The Morgan fingerprint density at radius 2 is 1.59 bits per heavy atom. The van der Waals surface area contributed by atoms with Crippen molar-refractivity contribution in [3.8, 4) is 11.1 Å². The molecule has 4 N–H and O–H groups in total. The summed E-state index contributed by atoms with van der Waals surface area (Å²) in [5.74, 6) is -0.472. The summed E-state index contributed by atoms with van der Waals surface area (Å²) in [6.45, 7) is 6.14. The highest BCUT2D eigenvalue weighted by Gasteiger charge is 2.20. The molecule has 39 heavy (non-hydrogen) atoms. The first-order valence-corrected chi connectivity index (χ1v) is 13.6. The number of carbonyl (C=O) groups excluding carboxylic acids is 2. The minimum Gasteiger partial charge on any atom is -0.383 e. The van der Waals surface area contributed by atoms with Crippen LogP contribution in [0.4, 0.5) is 5.82 Å². The third-order valence-corrected chi connectivity index (χ3v) is 7.35. The van der Waals surface area contributed by atoms with Gasteiger partial charge in [-0.25, -0.2) is 4.98 Å². The van der Waals surface area contributed by atoms with Crippen LogP contribution in [-0.4, -0.2) is 65.9 Å². The molecule has 5 rings (SSSR count). The van der Waals surface area contributed by atoms with E-state index in [0.717, 1.165) is 43.9 Å². The molecule has 1 aliphatic carbocycles. The lowest BCUT2D eigenvalue weighted by Gasteiger charge is -2.32. The van der Waals surface area contributed by atoms with Gasteiger partial charge >= 0.3 is 0 Å². The SMILES string of the molecule is CN1CCN(C(=O)c2ccc(-c3cnc(N)c(C(N)=O)c3)cc2)CC1.Cc1ccc(COC2CCCC2)cc1. The number of piperazine rings is 1. The highest BCUT2D eigenvalue weighted by molar-refractivity contribution is 5.98. The molecule has 8 nitrogen and oxygen atoms in total. The second-order valence-corrected chi connectivity index (χ2v) is 10.4. The number of hydrogen-bond donors (Lipinski definition) is 2. The molecule has 0 bridgehead atoms. The molecule has 1 saturated carbocycles.